The van der Waals surface area contributed by atoms with E-state index in [0.29, 0.717) is 16.8 Å². The summed E-state index contributed by atoms with van der Waals surface area (Å²) in [5, 5.41) is 14.0. The molecule has 0 aromatic heterocycles. The van der Waals surface area contributed by atoms with Crippen molar-refractivity contribution in [1.29, 1.82) is 0 Å². The zero-order valence-electron chi connectivity index (χ0n) is 18.9. The second kappa shape index (κ2) is 10.9. The predicted molar refractivity (Wildman–Crippen MR) is 131 cm³/mol. The molecule has 1 fully saturated rings. The van der Waals surface area contributed by atoms with Crippen LogP contribution in [0.5, 0.6) is 5.75 Å². The summed E-state index contributed by atoms with van der Waals surface area (Å²) in [6.07, 6.45) is 0. The van der Waals surface area contributed by atoms with Gasteiger partial charge in [-0.15, -0.1) is 0 Å². The lowest BCUT2D eigenvalue weighted by atomic mass is 10.1. The summed E-state index contributed by atoms with van der Waals surface area (Å²) in [5.74, 6) is -0.135. The molecule has 1 saturated heterocycles. The van der Waals surface area contributed by atoms with Crippen molar-refractivity contribution >= 4 is 11.6 Å². The molecule has 0 spiro atoms. The Hall–Kier alpha value is -3.48. The molecule has 1 heterocycles. The first-order valence-corrected chi connectivity index (χ1v) is 11.3. The molecule has 1 aliphatic heterocycles. The number of rotatable bonds is 7. The van der Waals surface area contributed by atoms with Gasteiger partial charge in [-0.3, -0.25) is 14.6 Å². The molecule has 1 amide bonds. The highest BCUT2D eigenvalue weighted by atomic mass is 16.3. The topological polar surface area (TPSA) is 68.2 Å². The maximum Gasteiger partial charge on any atom is 0.271 e. The monoisotopic (exact) mass is 442 g/mol. The number of carbonyl (C=O) groups is 1. The Bertz CT molecular complexity index is 1090. The Morgan fingerprint density at radius 2 is 1.36 bits per heavy atom. The maximum atomic E-state index is 12.5. The Labute approximate surface area is 195 Å². The lowest BCUT2D eigenvalue weighted by Gasteiger charge is -2.34. The third-order valence-electron chi connectivity index (χ3n) is 5.96. The molecule has 0 radical (unpaired) electrons. The number of hydrogen-bond acceptors (Lipinski definition) is 5. The molecule has 0 bridgehead atoms. The fourth-order valence-electron chi connectivity index (χ4n) is 4.01. The number of nitrogens with zero attached hydrogens (tertiary/aromatic N) is 3. The van der Waals surface area contributed by atoms with Crippen LogP contribution in [0.2, 0.25) is 0 Å². The second-order valence-electron chi connectivity index (χ2n) is 8.39. The normalized spacial score (nSPS) is 15.4. The number of hydrazone groups is 1. The molecular weight excluding hydrogens is 412 g/mol. The highest BCUT2D eigenvalue weighted by molar-refractivity contribution is 6.02. The highest BCUT2D eigenvalue weighted by Crippen LogP contribution is 2.16. The number of carbonyl (C=O) groups excluding carboxylic acids is 1. The first kappa shape index (κ1) is 22.7. The minimum absolute atomic E-state index is 0.137. The lowest BCUT2D eigenvalue weighted by Crippen LogP contribution is -2.45. The summed E-state index contributed by atoms with van der Waals surface area (Å²) < 4.78 is 0. The smallest absolute Gasteiger partial charge is 0.271 e. The summed E-state index contributed by atoms with van der Waals surface area (Å²) in [7, 11) is 0. The molecule has 2 N–H and O–H groups in total. The van der Waals surface area contributed by atoms with Gasteiger partial charge in [0.15, 0.2) is 0 Å². The third kappa shape index (κ3) is 6.28. The zero-order chi connectivity index (χ0) is 23.0. The molecule has 6 heteroatoms. The molecule has 170 valence electrons. The largest absolute Gasteiger partial charge is 0.507 e. The van der Waals surface area contributed by atoms with E-state index in [4.69, 9.17) is 0 Å². The number of benzene rings is 3. The van der Waals surface area contributed by atoms with Crippen LogP contribution in [0.4, 0.5) is 0 Å². The number of phenols is 1. The van der Waals surface area contributed by atoms with E-state index in [9.17, 15) is 9.90 Å². The fourth-order valence-corrected chi connectivity index (χ4v) is 4.01. The van der Waals surface area contributed by atoms with Crippen molar-refractivity contribution in [3.05, 3.63) is 101 Å². The van der Waals surface area contributed by atoms with Crippen molar-refractivity contribution in [1.82, 2.24) is 15.2 Å². The van der Waals surface area contributed by atoms with E-state index < -0.39 is 0 Å². The van der Waals surface area contributed by atoms with Crippen LogP contribution in [-0.4, -0.2) is 52.7 Å². The quantitative estimate of drug-likeness (QED) is 0.431. The van der Waals surface area contributed by atoms with Crippen LogP contribution in [0.15, 0.2) is 84.0 Å². The van der Waals surface area contributed by atoms with Gasteiger partial charge in [-0.1, -0.05) is 54.6 Å². The van der Waals surface area contributed by atoms with Crippen LogP contribution in [0.1, 0.15) is 34.0 Å². The van der Waals surface area contributed by atoms with Crippen molar-refractivity contribution in [2.24, 2.45) is 5.10 Å². The standard InChI is InChI=1S/C27H30N4O2/c1-21(25-9-5-6-10-26(25)32)28-29-27(33)24-13-11-23(12-14-24)20-31-17-15-30(16-18-31)19-22-7-3-2-4-8-22/h2-14,32H,15-20H2,1H3,(H,29,33)/b28-21-. The first-order chi connectivity index (χ1) is 16.1. The van der Waals surface area contributed by atoms with E-state index in [-0.39, 0.29) is 11.7 Å². The van der Waals surface area contributed by atoms with Crippen LogP contribution in [0, 0.1) is 0 Å². The van der Waals surface area contributed by atoms with Gasteiger partial charge in [0.05, 0.1) is 5.71 Å². The number of aromatic hydroxyl groups is 1. The van der Waals surface area contributed by atoms with Gasteiger partial charge in [-0.2, -0.15) is 5.10 Å². The number of hydrogen-bond donors (Lipinski definition) is 2. The summed E-state index contributed by atoms with van der Waals surface area (Å²) in [5.41, 5.74) is 6.82. The van der Waals surface area contributed by atoms with Gasteiger partial charge >= 0.3 is 0 Å². The van der Waals surface area contributed by atoms with E-state index in [1.165, 1.54) is 11.1 Å². The molecular formula is C27H30N4O2. The van der Waals surface area contributed by atoms with Crippen molar-refractivity contribution < 1.29 is 9.90 Å². The Morgan fingerprint density at radius 3 is 1.97 bits per heavy atom. The van der Waals surface area contributed by atoms with E-state index in [0.717, 1.165) is 39.3 Å². The highest BCUT2D eigenvalue weighted by Gasteiger charge is 2.17. The van der Waals surface area contributed by atoms with Gasteiger partial charge in [0.1, 0.15) is 5.75 Å². The number of phenolic OH excluding ortho intramolecular Hbond substituents is 1. The molecule has 6 nitrogen and oxygen atoms in total. The van der Waals surface area contributed by atoms with Crippen LogP contribution in [-0.2, 0) is 13.1 Å². The number of para-hydroxylation sites is 1. The van der Waals surface area contributed by atoms with Gasteiger partial charge in [-0.05, 0) is 42.3 Å². The summed E-state index contributed by atoms with van der Waals surface area (Å²) in [4.78, 5) is 17.4. The van der Waals surface area contributed by atoms with Crippen LogP contribution in [0.25, 0.3) is 0 Å². The molecule has 0 atom stereocenters. The van der Waals surface area contributed by atoms with Crippen molar-refractivity contribution in [2.45, 2.75) is 20.0 Å². The third-order valence-corrected chi connectivity index (χ3v) is 5.96. The van der Waals surface area contributed by atoms with Gasteiger partial charge in [0.2, 0.25) is 0 Å². The minimum Gasteiger partial charge on any atom is -0.507 e. The molecule has 0 aliphatic carbocycles. The number of piperazine rings is 1. The van der Waals surface area contributed by atoms with Crippen LogP contribution >= 0.6 is 0 Å². The lowest BCUT2D eigenvalue weighted by molar-refractivity contribution is 0.0954. The maximum absolute atomic E-state index is 12.5. The average Bonchev–Trinajstić information content (AvgIpc) is 2.85. The number of amides is 1. The fraction of sp³-hybridized carbons (Fsp3) is 0.259. The average molecular weight is 443 g/mol. The summed E-state index contributed by atoms with van der Waals surface area (Å²) in [6.45, 7) is 7.83. The Balaban J connectivity index is 1.26. The summed E-state index contributed by atoms with van der Waals surface area (Å²) in [6, 6.07) is 25.2. The van der Waals surface area contributed by atoms with E-state index in [2.05, 4.69) is 50.7 Å². The molecule has 4 rings (SSSR count). The SMILES string of the molecule is C/C(=N/NC(=O)c1ccc(CN2CCN(Cc3ccccc3)CC2)cc1)c1ccccc1O. The van der Waals surface area contributed by atoms with Gasteiger partial charge in [0, 0.05) is 50.4 Å². The Morgan fingerprint density at radius 1 is 0.818 bits per heavy atom. The van der Waals surface area contributed by atoms with Crippen molar-refractivity contribution in [3.63, 3.8) is 0 Å². The van der Waals surface area contributed by atoms with Gasteiger partial charge < -0.3 is 5.11 Å². The second-order valence-corrected chi connectivity index (χ2v) is 8.39. The molecule has 3 aromatic rings. The first-order valence-electron chi connectivity index (χ1n) is 11.3. The minimum atomic E-state index is -0.272. The Kier molecular flexibility index (Phi) is 7.50. The van der Waals surface area contributed by atoms with Crippen LogP contribution < -0.4 is 5.43 Å². The van der Waals surface area contributed by atoms with Crippen LogP contribution in [0.3, 0.4) is 0 Å². The molecule has 3 aromatic carbocycles. The van der Waals surface area contributed by atoms with E-state index >= 15 is 0 Å². The zero-order valence-corrected chi connectivity index (χ0v) is 18.9. The number of nitrogens with one attached hydrogen (secondary N) is 1. The van der Waals surface area contributed by atoms with Gasteiger partial charge in [-0.25, -0.2) is 5.43 Å². The van der Waals surface area contributed by atoms with Crippen molar-refractivity contribution in [2.75, 3.05) is 26.2 Å². The van der Waals surface area contributed by atoms with Gasteiger partial charge in [0.25, 0.3) is 5.91 Å². The van der Waals surface area contributed by atoms with Crippen molar-refractivity contribution in [3.8, 4) is 5.75 Å². The molecule has 1 aliphatic rings. The molecule has 33 heavy (non-hydrogen) atoms. The molecule has 0 saturated carbocycles. The van der Waals surface area contributed by atoms with E-state index in [1.807, 2.05) is 30.3 Å². The predicted octanol–water partition coefficient (Wildman–Crippen LogP) is 3.86. The van der Waals surface area contributed by atoms with E-state index in [1.54, 1.807) is 25.1 Å². The summed E-state index contributed by atoms with van der Waals surface area (Å²) >= 11 is 0. The molecule has 0 unspecified atom stereocenters.